The summed E-state index contributed by atoms with van der Waals surface area (Å²) in [4.78, 5) is 0. The minimum absolute atomic E-state index is 0.0854. The van der Waals surface area contributed by atoms with Crippen LogP contribution in [0.15, 0.2) is 18.2 Å². The van der Waals surface area contributed by atoms with Gasteiger partial charge in [0, 0.05) is 0 Å². The Kier molecular flexibility index (Phi) is 5.60. The van der Waals surface area contributed by atoms with Gasteiger partial charge in [0.15, 0.2) is 11.6 Å². The van der Waals surface area contributed by atoms with Crippen molar-refractivity contribution in [2.75, 3.05) is 0 Å². The third kappa shape index (κ3) is 3.52. The van der Waals surface area contributed by atoms with E-state index in [1.807, 2.05) is 6.92 Å². The summed E-state index contributed by atoms with van der Waals surface area (Å²) in [7, 11) is 0. The van der Waals surface area contributed by atoms with Gasteiger partial charge >= 0.3 is 0 Å². The lowest BCUT2D eigenvalue weighted by molar-refractivity contribution is 0.375. The maximum Gasteiger partial charge on any atom is 0.162 e. The van der Waals surface area contributed by atoms with Crippen LogP contribution in [-0.2, 0) is 0 Å². The van der Waals surface area contributed by atoms with Crippen molar-refractivity contribution in [2.45, 2.75) is 52.4 Å². The third-order valence-electron chi connectivity index (χ3n) is 3.63. The van der Waals surface area contributed by atoms with Crippen LogP contribution in [0.4, 0.5) is 8.78 Å². The van der Waals surface area contributed by atoms with Crippen molar-refractivity contribution in [3.05, 3.63) is 35.4 Å². The monoisotopic (exact) mass is 240 g/mol. The molecule has 0 spiro atoms. The van der Waals surface area contributed by atoms with Gasteiger partial charge < -0.3 is 0 Å². The zero-order valence-electron chi connectivity index (χ0n) is 11.0. The summed E-state index contributed by atoms with van der Waals surface area (Å²) in [6.07, 6.45) is 4.40. The van der Waals surface area contributed by atoms with Crippen molar-refractivity contribution in [1.29, 1.82) is 0 Å². The SMILES string of the molecule is CCCC[C@H](CC)C(C)c1cccc(F)c1F. The lowest BCUT2D eigenvalue weighted by atomic mass is 9.82. The second-order valence-corrected chi connectivity index (χ2v) is 4.74. The Morgan fingerprint density at radius 3 is 2.47 bits per heavy atom. The number of hydrogen-bond donors (Lipinski definition) is 0. The molecule has 2 heteroatoms. The topological polar surface area (TPSA) is 0 Å². The van der Waals surface area contributed by atoms with Gasteiger partial charge in [0.1, 0.15) is 0 Å². The van der Waals surface area contributed by atoms with Crippen LogP contribution in [0.1, 0.15) is 57.9 Å². The molecule has 96 valence electrons. The van der Waals surface area contributed by atoms with Gasteiger partial charge in [-0.2, -0.15) is 0 Å². The van der Waals surface area contributed by atoms with Gasteiger partial charge in [0.2, 0.25) is 0 Å². The van der Waals surface area contributed by atoms with Crippen molar-refractivity contribution < 1.29 is 8.78 Å². The van der Waals surface area contributed by atoms with E-state index in [2.05, 4.69) is 13.8 Å². The summed E-state index contributed by atoms with van der Waals surface area (Å²) >= 11 is 0. The van der Waals surface area contributed by atoms with Crippen molar-refractivity contribution in [1.82, 2.24) is 0 Å². The van der Waals surface area contributed by atoms with E-state index in [1.54, 1.807) is 12.1 Å². The van der Waals surface area contributed by atoms with Crippen LogP contribution >= 0.6 is 0 Å². The molecule has 0 radical (unpaired) electrons. The van der Waals surface area contributed by atoms with Crippen molar-refractivity contribution in [3.8, 4) is 0 Å². The smallest absolute Gasteiger partial charge is 0.162 e. The minimum atomic E-state index is -0.736. The Balaban J connectivity index is 2.85. The Morgan fingerprint density at radius 2 is 1.88 bits per heavy atom. The maximum absolute atomic E-state index is 13.7. The predicted octanol–water partition coefficient (Wildman–Crippen LogP) is 5.28. The fourth-order valence-corrected chi connectivity index (χ4v) is 2.40. The highest BCUT2D eigenvalue weighted by atomic mass is 19.2. The highest BCUT2D eigenvalue weighted by Crippen LogP contribution is 2.32. The first-order valence-electron chi connectivity index (χ1n) is 6.55. The van der Waals surface area contributed by atoms with Gasteiger partial charge in [-0.25, -0.2) is 8.78 Å². The van der Waals surface area contributed by atoms with Crippen LogP contribution in [0.25, 0.3) is 0 Å². The third-order valence-corrected chi connectivity index (χ3v) is 3.63. The number of hydrogen-bond acceptors (Lipinski definition) is 0. The van der Waals surface area contributed by atoms with Crippen molar-refractivity contribution in [2.24, 2.45) is 5.92 Å². The zero-order valence-corrected chi connectivity index (χ0v) is 11.0. The van der Waals surface area contributed by atoms with E-state index >= 15 is 0 Å². The Bertz CT molecular complexity index is 347. The van der Waals surface area contributed by atoms with Gasteiger partial charge in [-0.1, -0.05) is 52.2 Å². The van der Waals surface area contributed by atoms with Crippen LogP contribution in [0.2, 0.25) is 0 Å². The summed E-state index contributed by atoms with van der Waals surface area (Å²) in [6.45, 7) is 6.27. The molecule has 1 aromatic rings. The standard InChI is InChI=1S/C15H22F2/c1-4-6-8-12(5-2)11(3)13-9-7-10-14(16)15(13)17/h7,9-12H,4-6,8H2,1-3H3/t11?,12-/m0/s1. The average Bonchev–Trinajstić information content (AvgIpc) is 2.33. The predicted molar refractivity (Wildman–Crippen MR) is 68.1 cm³/mol. The fourth-order valence-electron chi connectivity index (χ4n) is 2.40. The van der Waals surface area contributed by atoms with E-state index in [0.717, 1.165) is 25.7 Å². The highest BCUT2D eigenvalue weighted by Gasteiger charge is 2.21. The molecular formula is C15H22F2. The number of rotatable bonds is 6. The molecule has 2 atom stereocenters. The largest absolute Gasteiger partial charge is 0.204 e. The summed E-state index contributed by atoms with van der Waals surface area (Å²) in [5.74, 6) is -0.886. The van der Waals surface area contributed by atoms with Crippen LogP contribution in [-0.4, -0.2) is 0 Å². The Hall–Kier alpha value is -0.920. The molecule has 0 aliphatic carbocycles. The van der Waals surface area contributed by atoms with E-state index in [1.165, 1.54) is 6.07 Å². The molecule has 1 rings (SSSR count). The molecule has 0 heterocycles. The molecule has 0 saturated carbocycles. The van der Waals surface area contributed by atoms with Gasteiger partial charge in [-0.3, -0.25) is 0 Å². The lowest BCUT2D eigenvalue weighted by Crippen LogP contribution is -2.11. The summed E-state index contributed by atoms with van der Waals surface area (Å²) in [5.41, 5.74) is 0.521. The number of unbranched alkanes of at least 4 members (excludes halogenated alkanes) is 1. The zero-order chi connectivity index (χ0) is 12.8. The van der Waals surface area contributed by atoms with E-state index < -0.39 is 11.6 Å². The van der Waals surface area contributed by atoms with Crippen LogP contribution in [0.3, 0.4) is 0 Å². The van der Waals surface area contributed by atoms with Gasteiger partial charge in [0.25, 0.3) is 0 Å². The van der Waals surface area contributed by atoms with Crippen molar-refractivity contribution in [3.63, 3.8) is 0 Å². The van der Waals surface area contributed by atoms with E-state index in [9.17, 15) is 8.78 Å². The molecule has 0 aliphatic heterocycles. The molecular weight excluding hydrogens is 218 g/mol. The Morgan fingerprint density at radius 1 is 1.18 bits per heavy atom. The molecule has 0 saturated heterocycles. The minimum Gasteiger partial charge on any atom is -0.204 e. The fraction of sp³-hybridized carbons (Fsp3) is 0.600. The van der Waals surface area contributed by atoms with Gasteiger partial charge in [-0.05, 0) is 29.9 Å². The molecule has 0 fully saturated rings. The Labute approximate surface area is 103 Å². The van der Waals surface area contributed by atoms with Gasteiger partial charge in [-0.15, -0.1) is 0 Å². The van der Waals surface area contributed by atoms with Crippen LogP contribution < -0.4 is 0 Å². The molecule has 0 amide bonds. The molecule has 0 nitrogen and oxygen atoms in total. The molecule has 0 bridgehead atoms. The quantitative estimate of drug-likeness (QED) is 0.634. The van der Waals surface area contributed by atoms with Crippen LogP contribution in [0.5, 0.6) is 0 Å². The number of benzene rings is 1. The van der Waals surface area contributed by atoms with E-state index in [4.69, 9.17) is 0 Å². The van der Waals surface area contributed by atoms with Gasteiger partial charge in [0.05, 0.1) is 0 Å². The molecule has 1 aromatic carbocycles. The second kappa shape index (κ2) is 6.73. The lowest BCUT2D eigenvalue weighted by Gasteiger charge is -2.23. The highest BCUT2D eigenvalue weighted by molar-refractivity contribution is 5.23. The molecule has 17 heavy (non-hydrogen) atoms. The summed E-state index contributed by atoms with van der Waals surface area (Å²) in [6, 6.07) is 4.48. The number of halogens is 2. The first-order valence-corrected chi connectivity index (χ1v) is 6.55. The second-order valence-electron chi connectivity index (χ2n) is 4.74. The first kappa shape index (κ1) is 14.1. The average molecular weight is 240 g/mol. The summed E-state index contributed by atoms with van der Waals surface area (Å²) < 4.78 is 26.9. The maximum atomic E-state index is 13.7. The normalized spacial score (nSPS) is 14.6. The molecule has 0 aliphatic rings. The first-order chi connectivity index (χ1) is 8.11. The molecule has 0 N–H and O–H groups in total. The summed E-state index contributed by atoms with van der Waals surface area (Å²) in [5, 5.41) is 0. The molecule has 1 unspecified atom stereocenters. The van der Waals surface area contributed by atoms with E-state index in [-0.39, 0.29) is 5.92 Å². The van der Waals surface area contributed by atoms with Crippen LogP contribution in [0, 0.1) is 17.6 Å². The van der Waals surface area contributed by atoms with Crippen molar-refractivity contribution >= 4 is 0 Å². The molecule has 0 aromatic heterocycles. The van der Waals surface area contributed by atoms with E-state index in [0.29, 0.717) is 11.5 Å².